The van der Waals surface area contributed by atoms with Crippen LogP contribution in [0.4, 0.5) is 5.69 Å². The van der Waals surface area contributed by atoms with Crippen LogP contribution < -0.4 is 10.6 Å². The maximum Gasteiger partial charge on any atom is 0.313 e. The number of para-hydroxylation sites is 1. The number of piperidine rings is 1. The van der Waals surface area contributed by atoms with Crippen LogP contribution in [0.1, 0.15) is 24.8 Å². The van der Waals surface area contributed by atoms with E-state index in [9.17, 15) is 18.0 Å². The average Bonchev–Trinajstić information content (AvgIpc) is 2.76. The number of sulfonamides is 1. The van der Waals surface area contributed by atoms with E-state index >= 15 is 0 Å². The van der Waals surface area contributed by atoms with Gasteiger partial charge >= 0.3 is 11.8 Å². The van der Waals surface area contributed by atoms with Crippen molar-refractivity contribution in [3.63, 3.8) is 0 Å². The zero-order valence-corrected chi connectivity index (χ0v) is 18.8. The lowest BCUT2D eigenvalue weighted by molar-refractivity contribution is -0.136. The number of nitrogens with one attached hydrogen (secondary N) is 2. The molecule has 0 aromatic heterocycles. The fraction of sp³-hybridized carbons (Fsp3) is 0.333. The third-order valence-electron chi connectivity index (χ3n) is 4.90. The molecular weight excluding hydrogens is 470 g/mol. The van der Waals surface area contributed by atoms with Crippen LogP contribution in [0.15, 0.2) is 57.9 Å². The van der Waals surface area contributed by atoms with Crippen molar-refractivity contribution in [2.45, 2.75) is 30.6 Å². The SMILES string of the molecule is O=C(NCCc1ccc(S(=O)(=O)N2CCCCC2)cc1)C(=O)Nc1ccccc1Br. The zero-order valence-electron chi connectivity index (χ0n) is 16.4. The standard InChI is InChI=1S/C21H24BrN3O4S/c22-18-6-2-3-7-19(18)24-21(27)20(26)23-13-12-16-8-10-17(11-9-16)30(28,29)25-14-4-1-5-15-25/h2-3,6-11H,1,4-5,12-15H2,(H,23,26)(H,24,27). The third-order valence-corrected chi connectivity index (χ3v) is 7.51. The molecule has 2 aromatic carbocycles. The second kappa shape index (κ2) is 10.2. The Labute approximate surface area is 185 Å². The van der Waals surface area contributed by atoms with Crippen molar-refractivity contribution in [3.05, 3.63) is 58.6 Å². The number of rotatable bonds is 6. The van der Waals surface area contributed by atoms with Gasteiger partial charge in [0.05, 0.1) is 10.6 Å². The molecule has 30 heavy (non-hydrogen) atoms. The Balaban J connectivity index is 1.49. The number of hydrogen-bond donors (Lipinski definition) is 2. The number of carbonyl (C=O) groups is 2. The lowest BCUT2D eigenvalue weighted by Crippen LogP contribution is -2.36. The first-order valence-electron chi connectivity index (χ1n) is 9.81. The van der Waals surface area contributed by atoms with Crippen molar-refractivity contribution < 1.29 is 18.0 Å². The Morgan fingerprint density at radius 2 is 1.60 bits per heavy atom. The van der Waals surface area contributed by atoms with Crippen molar-refractivity contribution in [3.8, 4) is 0 Å². The summed E-state index contributed by atoms with van der Waals surface area (Å²) >= 11 is 3.31. The van der Waals surface area contributed by atoms with Gasteiger partial charge < -0.3 is 10.6 Å². The highest BCUT2D eigenvalue weighted by Crippen LogP contribution is 2.22. The lowest BCUT2D eigenvalue weighted by Gasteiger charge is -2.25. The summed E-state index contributed by atoms with van der Waals surface area (Å²) in [4.78, 5) is 24.3. The van der Waals surface area contributed by atoms with Crippen LogP contribution in [0.2, 0.25) is 0 Å². The van der Waals surface area contributed by atoms with E-state index in [1.807, 2.05) is 6.07 Å². The van der Waals surface area contributed by atoms with E-state index in [1.54, 1.807) is 42.5 Å². The Kier molecular flexibility index (Phi) is 7.63. The average molecular weight is 494 g/mol. The summed E-state index contributed by atoms with van der Waals surface area (Å²) in [5, 5.41) is 5.12. The molecule has 0 aliphatic carbocycles. The highest BCUT2D eigenvalue weighted by Gasteiger charge is 2.25. The number of nitrogens with zero attached hydrogens (tertiary/aromatic N) is 1. The van der Waals surface area contributed by atoms with Crippen LogP contribution in [0.5, 0.6) is 0 Å². The van der Waals surface area contributed by atoms with Crippen LogP contribution in [-0.2, 0) is 26.0 Å². The number of amides is 2. The number of halogens is 1. The smallest absolute Gasteiger partial charge is 0.313 e. The molecule has 1 fully saturated rings. The van der Waals surface area contributed by atoms with E-state index in [2.05, 4.69) is 26.6 Å². The summed E-state index contributed by atoms with van der Waals surface area (Å²) in [6.45, 7) is 1.40. The van der Waals surface area contributed by atoms with E-state index in [-0.39, 0.29) is 11.4 Å². The minimum atomic E-state index is -3.45. The fourth-order valence-electron chi connectivity index (χ4n) is 3.22. The van der Waals surface area contributed by atoms with Gasteiger partial charge in [-0.1, -0.05) is 30.7 Å². The van der Waals surface area contributed by atoms with Crippen molar-refractivity contribution in [1.29, 1.82) is 0 Å². The minimum absolute atomic E-state index is 0.264. The van der Waals surface area contributed by atoms with Crippen LogP contribution in [0.3, 0.4) is 0 Å². The molecule has 2 N–H and O–H groups in total. The van der Waals surface area contributed by atoms with Gasteiger partial charge in [-0.25, -0.2) is 8.42 Å². The third kappa shape index (κ3) is 5.68. The van der Waals surface area contributed by atoms with Crippen molar-refractivity contribution in [2.24, 2.45) is 0 Å². The van der Waals surface area contributed by atoms with Crippen molar-refractivity contribution >= 4 is 43.5 Å². The molecule has 160 valence electrons. The summed E-state index contributed by atoms with van der Waals surface area (Å²) in [6, 6.07) is 13.7. The first kappa shape index (κ1) is 22.5. The van der Waals surface area contributed by atoms with Gasteiger partial charge in [0.1, 0.15) is 0 Å². The van der Waals surface area contributed by atoms with Crippen molar-refractivity contribution in [1.82, 2.24) is 9.62 Å². The van der Waals surface area contributed by atoms with Gasteiger partial charge in [-0.2, -0.15) is 4.31 Å². The van der Waals surface area contributed by atoms with E-state index < -0.39 is 21.8 Å². The van der Waals surface area contributed by atoms with Crippen LogP contribution >= 0.6 is 15.9 Å². The van der Waals surface area contributed by atoms with E-state index in [0.29, 0.717) is 29.7 Å². The summed E-state index contributed by atoms with van der Waals surface area (Å²) in [6.07, 6.45) is 3.34. The first-order valence-corrected chi connectivity index (χ1v) is 12.0. The molecule has 2 aromatic rings. The number of benzene rings is 2. The van der Waals surface area contributed by atoms with Crippen molar-refractivity contribution in [2.75, 3.05) is 25.0 Å². The van der Waals surface area contributed by atoms with E-state index in [0.717, 1.165) is 24.8 Å². The molecular formula is C21H24BrN3O4S. The molecule has 3 rings (SSSR count). The number of carbonyl (C=O) groups excluding carboxylic acids is 2. The lowest BCUT2D eigenvalue weighted by atomic mass is 10.1. The van der Waals surface area contributed by atoms with Gasteiger partial charge in [-0.3, -0.25) is 9.59 Å². The monoisotopic (exact) mass is 493 g/mol. The molecule has 0 atom stereocenters. The largest absolute Gasteiger partial charge is 0.347 e. The molecule has 0 bridgehead atoms. The molecule has 1 saturated heterocycles. The Hall–Kier alpha value is -2.23. The zero-order chi connectivity index (χ0) is 21.6. The topological polar surface area (TPSA) is 95.6 Å². The van der Waals surface area contributed by atoms with Gasteiger partial charge in [0.2, 0.25) is 10.0 Å². The fourth-order valence-corrected chi connectivity index (χ4v) is 5.13. The summed E-state index contributed by atoms with van der Waals surface area (Å²) in [5.74, 6) is -1.47. The second-order valence-corrected chi connectivity index (χ2v) is 9.84. The van der Waals surface area contributed by atoms with Gasteiger partial charge in [-0.15, -0.1) is 0 Å². The number of anilines is 1. The molecule has 2 amide bonds. The molecule has 9 heteroatoms. The van der Waals surface area contributed by atoms with Gasteiger partial charge in [0, 0.05) is 24.1 Å². The molecule has 0 radical (unpaired) electrons. The molecule has 7 nitrogen and oxygen atoms in total. The Morgan fingerprint density at radius 3 is 2.27 bits per heavy atom. The quantitative estimate of drug-likeness (QED) is 0.604. The van der Waals surface area contributed by atoms with Gasteiger partial charge in [0.15, 0.2) is 0 Å². The summed E-state index contributed by atoms with van der Waals surface area (Å²) in [5.41, 5.74) is 1.39. The molecule has 1 aliphatic rings. The van der Waals surface area contributed by atoms with Gasteiger partial charge in [-0.05, 0) is 65.0 Å². The molecule has 1 heterocycles. The molecule has 0 saturated carbocycles. The van der Waals surface area contributed by atoms with E-state index in [1.165, 1.54) is 4.31 Å². The first-order chi connectivity index (χ1) is 14.4. The van der Waals surface area contributed by atoms with Crippen LogP contribution in [-0.4, -0.2) is 44.2 Å². The Bertz CT molecular complexity index is 1000. The maximum absolute atomic E-state index is 12.7. The van der Waals surface area contributed by atoms with Gasteiger partial charge in [0.25, 0.3) is 0 Å². The maximum atomic E-state index is 12.7. The highest BCUT2D eigenvalue weighted by atomic mass is 79.9. The predicted molar refractivity (Wildman–Crippen MR) is 119 cm³/mol. The van der Waals surface area contributed by atoms with E-state index in [4.69, 9.17) is 0 Å². The van der Waals surface area contributed by atoms with Crippen LogP contribution in [0.25, 0.3) is 0 Å². The molecule has 0 spiro atoms. The van der Waals surface area contributed by atoms with Crippen LogP contribution in [0, 0.1) is 0 Å². The molecule has 1 aliphatic heterocycles. The molecule has 0 unspecified atom stereocenters. The number of hydrogen-bond acceptors (Lipinski definition) is 4. The second-order valence-electron chi connectivity index (χ2n) is 7.05. The predicted octanol–water partition coefficient (Wildman–Crippen LogP) is 2.92. The highest BCUT2D eigenvalue weighted by molar-refractivity contribution is 9.10. The normalized spacial score (nSPS) is 14.8. The summed E-state index contributed by atoms with van der Waals surface area (Å²) < 4.78 is 27.6. The Morgan fingerprint density at radius 1 is 0.933 bits per heavy atom. The minimum Gasteiger partial charge on any atom is -0.347 e. The summed E-state index contributed by atoms with van der Waals surface area (Å²) in [7, 11) is -3.45.